The smallest absolute Gasteiger partial charge is 0.0542 e. The molecule has 0 aliphatic heterocycles. The molecule has 0 saturated carbocycles. The zero-order valence-corrected chi connectivity index (χ0v) is 28.0. The minimum atomic E-state index is 1.18. The summed E-state index contributed by atoms with van der Waals surface area (Å²) in [5.74, 6) is 0. The van der Waals surface area contributed by atoms with E-state index in [0.29, 0.717) is 0 Å². The molecule has 0 bridgehead atoms. The lowest BCUT2D eigenvalue weighted by atomic mass is 10.1. The molecule has 8 rings (SSSR count). The molecular formula is C42H34N2S2. The van der Waals surface area contributed by atoms with E-state index in [1.54, 1.807) is 0 Å². The summed E-state index contributed by atoms with van der Waals surface area (Å²) in [6.07, 6.45) is 0. The largest absolute Gasteiger partial charge is 0.310 e. The molecule has 2 heterocycles. The highest BCUT2D eigenvalue weighted by Crippen LogP contribution is 2.48. The Balaban J connectivity index is 1.26. The zero-order chi connectivity index (χ0) is 31.4. The molecule has 2 nitrogen and oxygen atoms in total. The van der Waals surface area contributed by atoms with Gasteiger partial charge in [0, 0.05) is 54.3 Å². The molecule has 0 N–H and O–H groups in total. The summed E-state index contributed by atoms with van der Waals surface area (Å²) < 4.78 is 5.38. The topological polar surface area (TPSA) is 6.48 Å². The molecule has 0 radical (unpaired) electrons. The number of anilines is 6. The minimum absolute atomic E-state index is 1.18. The first-order valence-corrected chi connectivity index (χ1v) is 17.3. The molecule has 0 spiro atoms. The first kappa shape index (κ1) is 28.6. The van der Waals surface area contributed by atoms with E-state index >= 15 is 0 Å². The summed E-state index contributed by atoms with van der Waals surface area (Å²) in [6.45, 7) is 8.78. The Morgan fingerprint density at radius 1 is 0.370 bits per heavy atom. The predicted octanol–water partition coefficient (Wildman–Crippen LogP) is 13.4. The van der Waals surface area contributed by atoms with Gasteiger partial charge in [-0.2, -0.15) is 0 Å². The van der Waals surface area contributed by atoms with Crippen LogP contribution in [-0.2, 0) is 0 Å². The zero-order valence-electron chi connectivity index (χ0n) is 26.4. The molecular weight excluding hydrogens is 597 g/mol. The Labute approximate surface area is 278 Å². The van der Waals surface area contributed by atoms with Crippen LogP contribution in [0.25, 0.3) is 29.6 Å². The molecule has 6 aromatic carbocycles. The van der Waals surface area contributed by atoms with Crippen LogP contribution in [0, 0.1) is 27.7 Å². The van der Waals surface area contributed by atoms with E-state index in [4.69, 9.17) is 0 Å². The molecule has 0 aliphatic carbocycles. The maximum Gasteiger partial charge on any atom is 0.0542 e. The van der Waals surface area contributed by atoms with Gasteiger partial charge in [-0.05, 0) is 98.5 Å². The average molecular weight is 631 g/mol. The second-order valence-electron chi connectivity index (χ2n) is 12.0. The van der Waals surface area contributed by atoms with E-state index in [2.05, 4.69) is 171 Å². The third-order valence-electron chi connectivity index (χ3n) is 8.99. The molecule has 0 saturated heterocycles. The van der Waals surface area contributed by atoms with Crippen molar-refractivity contribution in [1.29, 1.82) is 0 Å². The highest BCUT2D eigenvalue weighted by Gasteiger charge is 2.21. The number of hydrogen-bond donors (Lipinski definition) is 0. The van der Waals surface area contributed by atoms with Gasteiger partial charge in [0.2, 0.25) is 0 Å². The van der Waals surface area contributed by atoms with Crippen LogP contribution >= 0.6 is 22.7 Å². The number of hydrogen-bond acceptors (Lipinski definition) is 4. The Hall–Kier alpha value is -4.90. The number of aryl methyl sites for hydroxylation is 4. The van der Waals surface area contributed by atoms with Gasteiger partial charge >= 0.3 is 0 Å². The van der Waals surface area contributed by atoms with Crippen molar-refractivity contribution in [2.24, 2.45) is 0 Å². The normalized spacial score (nSPS) is 11.5. The number of nitrogens with zero attached hydrogens (tertiary/aromatic N) is 2. The molecule has 2 aromatic heterocycles. The van der Waals surface area contributed by atoms with Crippen LogP contribution in [0.5, 0.6) is 0 Å². The maximum atomic E-state index is 2.41. The number of thiophene rings is 2. The summed E-state index contributed by atoms with van der Waals surface area (Å²) in [4.78, 5) is 4.82. The summed E-state index contributed by atoms with van der Waals surface area (Å²) >= 11 is 3.82. The maximum absolute atomic E-state index is 2.41. The second kappa shape index (κ2) is 11.5. The highest BCUT2D eigenvalue weighted by atomic mass is 32.1. The van der Waals surface area contributed by atoms with Crippen molar-refractivity contribution in [2.75, 3.05) is 9.80 Å². The van der Waals surface area contributed by atoms with Crippen LogP contribution in [0.15, 0.2) is 133 Å². The van der Waals surface area contributed by atoms with E-state index < -0.39 is 0 Å². The fraction of sp³-hybridized carbons (Fsp3) is 0.0952. The lowest BCUT2D eigenvalue weighted by Gasteiger charge is -2.28. The number of para-hydroxylation sites is 4. The van der Waals surface area contributed by atoms with Crippen molar-refractivity contribution in [1.82, 2.24) is 0 Å². The monoisotopic (exact) mass is 630 g/mol. The molecule has 0 unspecified atom stereocenters. The second-order valence-corrected chi connectivity index (χ2v) is 14.1. The van der Waals surface area contributed by atoms with E-state index in [9.17, 15) is 0 Å². The third-order valence-corrected chi connectivity index (χ3v) is 11.5. The molecule has 0 fully saturated rings. The molecule has 8 aromatic rings. The van der Waals surface area contributed by atoms with Gasteiger partial charge in [0.25, 0.3) is 0 Å². The van der Waals surface area contributed by atoms with Crippen molar-refractivity contribution < 1.29 is 0 Å². The lowest BCUT2D eigenvalue weighted by Crippen LogP contribution is -2.12. The number of rotatable bonds is 6. The average Bonchev–Trinajstić information content (AvgIpc) is 3.60. The lowest BCUT2D eigenvalue weighted by molar-refractivity contribution is 1.23. The Morgan fingerprint density at radius 2 is 0.674 bits per heavy atom. The van der Waals surface area contributed by atoms with Gasteiger partial charge in [0.15, 0.2) is 0 Å². The van der Waals surface area contributed by atoms with Gasteiger partial charge < -0.3 is 9.80 Å². The molecule has 0 amide bonds. The molecule has 4 heteroatoms. The Bertz CT molecular complexity index is 2140. The van der Waals surface area contributed by atoms with Crippen LogP contribution in [0.3, 0.4) is 0 Å². The van der Waals surface area contributed by atoms with Crippen molar-refractivity contribution in [2.45, 2.75) is 27.7 Å². The summed E-state index contributed by atoms with van der Waals surface area (Å²) in [7, 11) is 0. The van der Waals surface area contributed by atoms with Gasteiger partial charge in [-0.1, -0.05) is 84.9 Å². The summed E-state index contributed by atoms with van der Waals surface area (Å²) in [5, 5.41) is 2.66. The molecule has 0 atom stereocenters. The third kappa shape index (κ3) is 4.77. The van der Waals surface area contributed by atoms with Crippen molar-refractivity contribution in [3.05, 3.63) is 156 Å². The predicted molar refractivity (Wildman–Crippen MR) is 203 cm³/mol. The van der Waals surface area contributed by atoms with E-state index in [1.807, 2.05) is 22.7 Å². The van der Waals surface area contributed by atoms with E-state index in [0.717, 1.165) is 0 Å². The van der Waals surface area contributed by atoms with Gasteiger partial charge in [-0.25, -0.2) is 0 Å². The van der Waals surface area contributed by atoms with E-state index in [-0.39, 0.29) is 0 Å². The van der Waals surface area contributed by atoms with Gasteiger partial charge in [-0.3, -0.25) is 0 Å². The first-order valence-electron chi connectivity index (χ1n) is 15.7. The fourth-order valence-corrected chi connectivity index (χ4v) is 9.30. The molecule has 46 heavy (non-hydrogen) atoms. The Kier molecular flexibility index (Phi) is 7.12. The molecule has 0 aliphatic rings. The standard InChI is InChI=1S/C42H34N2S2/c1-27-13-5-9-17-35(27)43(36-18-10-6-14-28(36)2)31-21-23-33-39(25-31)45-42-34-24-22-32(26-40(34)46-41(33)42)44(37-19-11-7-15-29(37)3)38-20-12-8-16-30(38)4/h5-26H,1-4H3. The number of fused-ring (bicyclic) bond motifs is 5. The number of benzene rings is 6. The summed E-state index contributed by atoms with van der Waals surface area (Å²) in [6, 6.07) is 48.7. The Morgan fingerprint density at radius 3 is 0.978 bits per heavy atom. The highest BCUT2D eigenvalue weighted by molar-refractivity contribution is 7.36. The van der Waals surface area contributed by atoms with Crippen LogP contribution < -0.4 is 9.80 Å². The van der Waals surface area contributed by atoms with Crippen LogP contribution in [0.2, 0.25) is 0 Å². The van der Waals surface area contributed by atoms with Gasteiger partial charge in [0.1, 0.15) is 0 Å². The fourth-order valence-electron chi connectivity index (χ4n) is 6.58. The first-order chi connectivity index (χ1) is 22.5. The quantitative estimate of drug-likeness (QED) is 0.180. The van der Waals surface area contributed by atoms with Crippen LogP contribution in [-0.4, -0.2) is 0 Å². The van der Waals surface area contributed by atoms with Crippen molar-refractivity contribution in [3.8, 4) is 0 Å². The minimum Gasteiger partial charge on any atom is -0.310 e. The van der Waals surface area contributed by atoms with Gasteiger partial charge in [0.05, 0.1) is 9.40 Å². The van der Waals surface area contributed by atoms with Crippen LogP contribution in [0.1, 0.15) is 22.3 Å². The van der Waals surface area contributed by atoms with Crippen molar-refractivity contribution in [3.63, 3.8) is 0 Å². The van der Waals surface area contributed by atoms with E-state index in [1.165, 1.54) is 86.0 Å². The van der Waals surface area contributed by atoms with Gasteiger partial charge in [-0.15, -0.1) is 22.7 Å². The van der Waals surface area contributed by atoms with Crippen molar-refractivity contribution >= 4 is 86.4 Å². The summed E-state index contributed by atoms with van der Waals surface area (Å²) in [5.41, 5.74) is 12.2. The van der Waals surface area contributed by atoms with Crippen LogP contribution in [0.4, 0.5) is 34.1 Å². The molecule has 224 valence electrons. The SMILES string of the molecule is Cc1ccccc1N(c1ccc2c(c1)sc1c3ccc(N(c4ccccc4C)c4ccccc4C)cc3sc21)c1ccccc1C.